The van der Waals surface area contributed by atoms with E-state index in [1.807, 2.05) is 44.2 Å². The summed E-state index contributed by atoms with van der Waals surface area (Å²) in [5.41, 5.74) is 2.46. The quantitative estimate of drug-likeness (QED) is 0.808. The molecule has 1 aliphatic heterocycles. The van der Waals surface area contributed by atoms with Gasteiger partial charge in [0, 0.05) is 44.4 Å². The maximum atomic E-state index is 13.1. The van der Waals surface area contributed by atoms with Gasteiger partial charge in [0.05, 0.1) is 12.0 Å². The van der Waals surface area contributed by atoms with E-state index in [4.69, 9.17) is 14.0 Å². The van der Waals surface area contributed by atoms with Crippen LogP contribution in [-0.2, 0) is 20.7 Å². The molecule has 2 heterocycles. The first kappa shape index (κ1) is 19.6. The maximum absolute atomic E-state index is 13.1. The Morgan fingerprint density at radius 1 is 1.33 bits per heavy atom. The Hall–Kier alpha value is -2.18. The molecule has 0 saturated carbocycles. The summed E-state index contributed by atoms with van der Waals surface area (Å²) in [7, 11) is 1.63. The Bertz CT molecular complexity index is 765. The lowest BCUT2D eigenvalue weighted by atomic mass is 9.75. The summed E-state index contributed by atoms with van der Waals surface area (Å²) in [5.74, 6) is 0.758. The summed E-state index contributed by atoms with van der Waals surface area (Å²) in [6.07, 6.45) is 1.85. The second-order valence-corrected chi connectivity index (χ2v) is 7.39. The molecule has 3 rings (SSSR count). The van der Waals surface area contributed by atoms with Crippen LogP contribution in [0.1, 0.15) is 31.1 Å². The molecule has 0 aliphatic carbocycles. The van der Waals surface area contributed by atoms with Gasteiger partial charge in [-0.2, -0.15) is 0 Å². The number of hydrogen-bond acceptors (Lipinski definition) is 5. The molecule has 6 heteroatoms. The van der Waals surface area contributed by atoms with Gasteiger partial charge in [-0.05, 0) is 32.3 Å². The first-order chi connectivity index (χ1) is 13.0. The molecule has 146 valence electrons. The highest BCUT2D eigenvalue weighted by molar-refractivity contribution is 5.83. The van der Waals surface area contributed by atoms with E-state index < -0.39 is 5.41 Å². The van der Waals surface area contributed by atoms with Crippen molar-refractivity contribution in [1.29, 1.82) is 0 Å². The summed E-state index contributed by atoms with van der Waals surface area (Å²) in [6, 6.07) is 9.98. The van der Waals surface area contributed by atoms with Crippen LogP contribution in [0.15, 0.2) is 34.9 Å². The minimum Gasteiger partial charge on any atom is -0.383 e. The van der Waals surface area contributed by atoms with Gasteiger partial charge < -0.3 is 19.3 Å². The van der Waals surface area contributed by atoms with Gasteiger partial charge in [-0.3, -0.25) is 4.79 Å². The van der Waals surface area contributed by atoms with Crippen molar-refractivity contribution in [3.05, 3.63) is 41.7 Å². The number of ether oxygens (including phenoxy) is 2. The fraction of sp³-hybridized carbons (Fsp3) is 0.524. The van der Waals surface area contributed by atoms with Crippen LogP contribution in [-0.4, -0.2) is 44.0 Å². The molecule has 1 aliphatic rings. The number of aryl methyl sites for hydroxylation is 1. The molecule has 1 saturated heterocycles. The van der Waals surface area contributed by atoms with Crippen molar-refractivity contribution in [2.45, 2.75) is 39.2 Å². The lowest BCUT2D eigenvalue weighted by molar-refractivity contribution is -0.138. The molecule has 27 heavy (non-hydrogen) atoms. The number of hydrogen-bond donors (Lipinski definition) is 1. The smallest absolute Gasteiger partial charge is 0.227 e. The van der Waals surface area contributed by atoms with E-state index in [2.05, 4.69) is 10.5 Å². The van der Waals surface area contributed by atoms with Gasteiger partial charge in [0.25, 0.3) is 0 Å². The highest BCUT2D eigenvalue weighted by Gasteiger charge is 2.41. The predicted octanol–water partition coefficient (Wildman–Crippen LogP) is 3.14. The third-order valence-corrected chi connectivity index (χ3v) is 5.22. The number of carbonyl (C=O) groups excluding carboxylic acids is 1. The van der Waals surface area contributed by atoms with Crippen molar-refractivity contribution in [2.24, 2.45) is 5.41 Å². The van der Waals surface area contributed by atoms with Crippen LogP contribution in [0.25, 0.3) is 11.3 Å². The number of rotatable bonds is 7. The van der Waals surface area contributed by atoms with Gasteiger partial charge in [0.2, 0.25) is 5.91 Å². The molecule has 1 N–H and O–H groups in total. The Labute approximate surface area is 160 Å². The number of nitrogens with one attached hydrogen (secondary N) is 1. The molecule has 1 unspecified atom stereocenters. The van der Waals surface area contributed by atoms with E-state index in [1.54, 1.807) is 7.11 Å². The highest BCUT2D eigenvalue weighted by atomic mass is 16.5. The normalized spacial score (nSPS) is 17.4. The van der Waals surface area contributed by atoms with Crippen LogP contribution < -0.4 is 5.32 Å². The maximum Gasteiger partial charge on any atom is 0.227 e. The van der Waals surface area contributed by atoms with Crippen LogP contribution in [0.2, 0.25) is 0 Å². The number of benzene rings is 1. The molecule has 2 aromatic rings. The molecule has 1 amide bonds. The zero-order valence-corrected chi connectivity index (χ0v) is 16.3. The molecular weight excluding hydrogens is 344 g/mol. The zero-order chi connectivity index (χ0) is 19.3. The van der Waals surface area contributed by atoms with Crippen molar-refractivity contribution in [3.63, 3.8) is 0 Å². The average molecular weight is 372 g/mol. The summed E-state index contributed by atoms with van der Waals surface area (Å²) in [4.78, 5) is 13.1. The van der Waals surface area contributed by atoms with Gasteiger partial charge in [0.1, 0.15) is 11.5 Å². The minimum absolute atomic E-state index is 0.0317. The number of amides is 1. The third kappa shape index (κ3) is 4.57. The number of carbonyl (C=O) groups is 1. The number of nitrogens with zero attached hydrogens (tertiary/aromatic N) is 1. The Balaban J connectivity index is 1.79. The predicted molar refractivity (Wildman–Crippen MR) is 102 cm³/mol. The molecule has 0 bridgehead atoms. The lowest BCUT2D eigenvalue weighted by Crippen LogP contribution is -2.49. The molecule has 0 radical (unpaired) electrons. The summed E-state index contributed by atoms with van der Waals surface area (Å²) in [5, 5.41) is 7.31. The van der Waals surface area contributed by atoms with Crippen molar-refractivity contribution >= 4 is 5.91 Å². The topological polar surface area (TPSA) is 73.6 Å². The minimum atomic E-state index is -0.539. The molecule has 1 atom stereocenters. The monoisotopic (exact) mass is 372 g/mol. The molecule has 1 aromatic heterocycles. The van der Waals surface area contributed by atoms with Crippen molar-refractivity contribution < 1.29 is 18.8 Å². The van der Waals surface area contributed by atoms with Crippen LogP contribution in [0.3, 0.4) is 0 Å². The van der Waals surface area contributed by atoms with E-state index in [0.29, 0.717) is 39.1 Å². The summed E-state index contributed by atoms with van der Waals surface area (Å²) >= 11 is 0. The summed E-state index contributed by atoms with van der Waals surface area (Å²) < 4.78 is 16.3. The standard InChI is InChI=1S/C21H28N2O4/c1-15-6-4-5-7-18(15)19-12-17(27-23-19)13-21(8-10-26-11-9-21)20(24)22-16(2)14-25-3/h4-7,12,16H,8-11,13-14H2,1-3H3,(H,22,24). The van der Waals surface area contributed by atoms with Crippen LogP contribution >= 0.6 is 0 Å². The van der Waals surface area contributed by atoms with Gasteiger partial charge in [0.15, 0.2) is 0 Å². The molecule has 1 aromatic carbocycles. The first-order valence-electron chi connectivity index (χ1n) is 9.43. The van der Waals surface area contributed by atoms with Crippen molar-refractivity contribution in [2.75, 3.05) is 26.9 Å². The lowest BCUT2D eigenvalue weighted by Gasteiger charge is -2.35. The largest absolute Gasteiger partial charge is 0.383 e. The van der Waals surface area contributed by atoms with Crippen LogP contribution in [0, 0.1) is 12.3 Å². The molecular formula is C21H28N2O4. The van der Waals surface area contributed by atoms with Crippen molar-refractivity contribution in [3.8, 4) is 11.3 Å². The second kappa shape index (κ2) is 8.67. The molecule has 1 fully saturated rings. The van der Waals surface area contributed by atoms with E-state index in [-0.39, 0.29) is 11.9 Å². The zero-order valence-electron chi connectivity index (χ0n) is 16.3. The molecule has 0 spiro atoms. The van der Waals surface area contributed by atoms with Gasteiger partial charge in [-0.1, -0.05) is 29.4 Å². The van der Waals surface area contributed by atoms with E-state index in [0.717, 1.165) is 22.6 Å². The van der Waals surface area contributed by atoms with Gasteiger partial charge in [-0.15, -0.1) is 0 Å². The van der Waals surface area contributed by atoms with E-state index in [9.17, 15) is 4.79 Å². The van der Waals surface area contributed by atoms with Crippen molar-refractivity contribution in [1.82, 2.24) is 10.5 Å². The summed E-state index contributed by atoms with van der Waals surface area (Å²) in [6.45, 7) is 5.63. The number of aromatic nitrogens is 1. The fourth-order valence-corrected chi connectivity index (χ4v) is 3.63. The fourth-order valence-electron chi connectivity index (χ4n) is 3.63. The van der Waals surface area contributed by atoms with Gasteiger partial charge >= 0.3 is 0 Å². The first-order valence-corrected chi connectivity index (χ1v) is 9.43. The Kier molecular flexibility index (Phi) is 6.29. The average Bonchev–Trinajstić information content (AvgIpc) is 3.11. The molecule has 6 nitrogen and oxygen atoms in total. The van der Waals surface area contributed by atoms with E-state index in [1.165, 1.54) is 0 Å². The SMILES string of the molecule is COCC(C)NC(=O)C1(Cc2cc(-c3ccccc3C)no2)CCOCC1. The third-order valence-electron chi connectivity index (χ3n) is 5.22. The Morgan fingerprint density at radius 3 is 2.78 bits per heavy atom. The second-order valence-electron chi connectivity index (χ2n) is 7.39. The van der Waals surface area contributed by atoms with Crippen LogP contribution in [0.5, 0.6) is 0 Å². The van der Waals surface area contributed by atoms with Gasteiger partial charge in [-0.25, -0.2) is 0 Å². The van der Waals surface area contributed by atoms with Crippen LogP contribution in [0.4, 0.5) is 0 Å². The van der Waals surface area contributed by atoms with E-state index >= 15 is 0 Å². The number of methoxy groups -OCH3 is 1. The Morgan fingerprint density at radius 2 is 2.07 bits per heavy atom. The highest BCUT2D eigenvalue weighted by Crippen LogP contribution is 2.36.